The van der Waals surface area contributed by atoms with E-state index < -0.39 is 0 Å². The van der Waals surface area contributed by atoms with E-state index in [1.54, 1.807) is 6.20 Å². The summed E-state index contributed by atoms with van der Waals surface area (Å²) < 4.78 is 0. The molecule has 1 aromatic rings. The minimum Gasteiger partial charge on any atom is -0.393 e. The molecule has 5 nitrogen and oxygen atoms in total. The summed E-state index contributed by atoms with van der Waals surface area (Å²) in [6.07, 6.45) is 5.87. The molecular formula is C17H24ClN3O2. The van der Waals surface area contributed by atoms with Crippen molar-refractivity contribution in [3.05, 3.63) is 23.4 Å². The van der Waals surface area contributed by atoms with Gasteiger partial charge in [0, 0.05) is 38.8 Å². The van der Waals surface area contributed by atoms with Crippen LogP contribution in [0.1, 0.15) is 32.1 Å². The van der Waals surface area contributed by atoms with Crippen molar-refractivity contribution in [3.63, 3.8) is 0 Å². The maximum Gasteiger partial charge on any atom is 0.223 e. The molecule has 1 amide bonds. The number of amides is 1. The summed E-state index contributed by atoms with van der Waals surface area (Å²) in [5.41, 5.74) is 0. The van der Waals surface area contributed by atoms with Crippen LogP contribution in [0.25, 0.3) is 0 Å². The molecule has 126 valence electrons. The first-order valence-electron chi connectivity index (χ1n) is 8.46. The zero-order valence-corrected chi connectivity index (χ0v) is 14.1. The Morgan fingerprint density at radius 2 is 1.96 bits per heavy atom. The molecule has 2 aliphatic rings. The third kappa shape index (κ3) is 4.15. The van der Waals surface area contributed by atoms with Crippen molar-refractivity contribution in [1.82, 2.24) is 9.88 Å². The number of carbonyl (C=O) groups excluding carboxylic acids is 1. The molecule has 3 rings (SSSR count). The molecule has 2 fully saturated rings. The third-order valence-corrected chi connectivity index (χ3v) is 5.20. The van der Waals surface area contributed by atoms with Gasteiger partial charge in [-0.25, -0.2) is 4.98 Å². The second-order valence-corrected chi connectivity index (χ2v) is 6.95. The quantitative estimate of drug-likeness (QED) is 0.919. The van der Waals surface area contributed by atoms with Crippen molar-refractivity contribution in [3.8, 4) is 0 Å². The number of hydrogen-bond acceptors (Lipinski definition) is 4. The van der Waals surface area contributed by atoms with Gasteiger partial charge in [0.1, 0.15) is 5.82 Å². The fourth-order valence-electron chi connectivity index (χ4n) is 3.52. The number of aliphatic hydroxyl groups excluding tert-OH is 1. The van der Waals surface area contributed by atoms with Gasteiger partial charge in [0.25, 0.3) is 0 Å². The van der Waals surface area contributed by atoms with E-state index in [9.17, 15) is 9.90 Å². The van der Waals surface area contributed by atoms with Gasteiger partial charge in [0.05, 0.1) is 11.1 Å². The molecule has 2 heterocycles. The minimum atomic E-state index is -0.299. The summed E-state index contributed by atoms with van der Waals surface area (Å²) in [4.78, 5) is 20.9. The zero-order valence-electron chi connectivity index (χ0n) is 13.3. The summed E-state index contributed by atoms with van der Waals surface area (Å²) in [7, 11) is 0. The molecule has 1 aliphatic carbocycles. The average Bonchev–Trinajstić information content (AvgIpc) is 2.58. The maximum absolute atomic E-state index is 12.5. The monoisotopic (exact) mass is 337 g/mol. The summed E-state index contributed by atoms with van der Waals surface area (Å²) in [5.74, 6) is 1.23. The normalized spacial score (nSPS) is 25.5. The molecular weight excluding hydrogens is 314 g/mol. The van der Waals surface area contributed by atoms with Gasteiger partial charge in [-0.1, -0.05) is 24.4 Å². The molecule has 0 aromatic carbocycles. The number of halogens is 1. The smallest absolute Gasteiger partial charge is 0.223 e. The molecule has 1 aliphatic heterocycles. The van der Waals surface area contributed by atoms with Crippen LogP contribution < -0.4 is 4.90 Å². The van der Waals surface area contributed by atoms with Crippen LogP contribution >= 0.6 is 11.6 Å². The van der Waals surface area contributed by atoms with Gasteiger partial charge in [-0.2, -0.15) is 0 Å². The van der Waals surface area contributed by atoms with Gasteiger partial charge in [0.2, 0.25) is 5.91 Å². The van der Waals surface area contributed by atoms with Crippen molar-refractivity contribution < 1.29 is 9.90 Å². The van der Waals surface area contributed by atoms with Crippen LogP contribution in [0.3, 0.4) is 0 Å². The van der Waals surface area contributed by atoms with Crippen molar-refractivity contribution in [2.24, 2.45) is 5.92 Å². The van der Waals surface area contributed by atoms with E-state index in [4.69, 9.17) is 11.6 Å². The zero-order chi connectivity index (χ0) is 16.2. The van der Waals surface area contributed by atoms with E-state index in [1.807, 2.05) is 17.0 Å². The average molecular weight is 338 g/mol. The van der Waals surface area contributed by atoms with Crippen molar-refractivity contribution in [1.29, 1.82) is 0 Å². The first-order chi connectivity index (χ1) is 11.1. The summed E-state index contributed by atoms with van der Waals surface area (Å²) in [5, 5.41) is 10.7. The highest BCUT2D eigenvalue weighted by Gasteiger charge is 2.28. The Morgan fingerprint density at radius 1 is 1.22 bits per heavy atom. The lowest BCUT2D eigenvalue weighted by Gasteiger charge is -2.36. The molecule has 0 unspecified atom stereocenters. The molecule has 6 heteroatoms. The lowest BCUT2D eigenvalue weighted by molar-refractivity contribution is -0.134. The summed E-state index contributed by atoms with van der Waals surface area (Å²) in [6, 6.07) is 3.75. The predicted molar refractivity (Wildman–Crippen MR) is 90.6 cm³/mol. The number of anilines is 1. The van der Waals surface area contributed by atoms with Gasteiger partial charge in [-0.15, -0.1) is 0 Å². The summed E-state index contributed by atoms with van der Waals surface area (Å²) in [6.45, 7) is 3.00. The number of rotatable bonds is 3. The molecule has 23 heavy (non-hydrogen) atoms. The van der Waals surface area contributed by atoms with E-state index in [2.05, 4.69) is 9.88 Å². The lowest BCUT2D eigenvalue weighted by atomic mass is 9.84. The van der Waals surface area contributed by atoms with E-state index >= 15 is 0 Å². The van der Waals surface area contributed by atoms with Gasteiger partial charge in [-0.3, -0.25) is 4.79 Å². The highest BCUT2D eigenvalue weighted by molar-refractivity contribution is 6.30. The number of carbonyl (C=O) groups is 1. The molecule has 2 atom stereocenters. The highest BCUT2D eigenvalue weighted by Crippen LogP contribution is 2.27. The van der Waals surface area contributed by atoms with Crippen molar-refractivity contribution in [2.45, 2.75) is 38.2 Å². The fraction of sp³-hybridized carbons (Fsp3) is 0.647. The largest absolute Gasteiger partial charge is 0.393 e. The van der Waals surface area contributed by atoms with E-state index in [0.717, 1.165) is 44.6 Å². The molecule has 1 aromatic heterocycles. The topological polar surface area (TPSA) is 56.7 Å². The first-order valence-corrected chi connectivity index (χ1v) is 8.83. The Hall–Kier alpha value is -1.33. The number of nitrogens with zero attached hydrogens (tertiary/aromatic N) is 3. The Balaban J connectivity index is 1.50. The molecule has 0 radical (unpaired) electrons. The number of piperazine rings is 1. The predicted octanol–water partition coefficient (Wildman–Crippen LogP) is 2.32. The number of aromatic nitrogens is 1. The van der Waals surface area contributed by atoms with Gasteiger partial charge < -0.3 is 14.9 Å². The van der Waals surface area contributed by atoms with E-state index in [0.29, 0.717) is 24.5 Å². The van der Waals surface area contributed by atoms with Crippen LogP contribution in [0.5, 0.6) is 0 Å². The van der Waals surface area contributed by atoms with Gasteiger partial charge >= 0.3 is 0 Å². The lowest BCUT2D eigenvalue weighted by Crippen LogP contribution is -2.49. The van der Waals surface area contributed by atoms with Crippen LogP contribution in [0.4, 0.5) is 5.82 Å². The van der Waals surface area contributed by atoms with Crippen LogP contribution in [0.2, 0.25) is 5.02 Å². The Labute approximate surface area is 142 Å². The van der Waals surface area contributed by atoms with Crippen LogP contribution in [-0.4, -0.2) is 53.2 Å². The van der Waals surface area contributed by atoms with Crippen LogP contribution in [0, 0.1) is 5.92 Å². The highest BCUT2D eigenvalue weighted by atomic mass is 35.5. The second kappa shape index (κ2) is 7.49. The molecule has 1 N–H and O–H groups in total. The summed E-state index contributed by atoms with van der Waals surface area (Å²) >= 11 is 5.87. The van der Waals surface area contributed by atoms with Crippen molar-refractivity contribution in [2.75, 3.05) is 31.1 Å². The molecule has 0 bridgehead atoms. The molecule has 0 spiro atoms. The number of pyridine rings is 1. The van der Waals surface area contributed by atoms with Gasteiger partial charge in [0.15, 0.2) is 0 Å². The first kappa shape index (κ1) is 16.5. The Morgan fingerprint density at radius 3 is 2.61 bits per heavy atom. The maximum atomic E-state index is 12.5. The standard InChI is InChI=1S/C17H24ClN3O2/c18-14-5-6-16(19-12-14)20-7-9-21(10-8-20)17(23)11-13-3-1-2-4-15(13)22/h5-6,12-13,15,22H,1-4,7-11H2/t13-,15+/m0/s1. The van der Waals surface area contributed by atoms with Gasteiger partial charge in [-0.05, 0) is 30.9 Å². The van der Waals surface area contributed by atoms with Crippen molar-refractivity contribution >= 4 is 23.3 Å². The van der Waals surface area contributed by atoms with E-state index in [-0.39, 0.29) is 17.9 Å². The second-order valence-electron chi connectivity index (χ2n) is 6.52. The van der Waals surface area contributed by atoms with Crippen LogP contribution in [-0.2, 0) is 4.79 Å². The minimum absolute atomic E-state index is 0.146. The Bertz CT molecular complexity index is 529. The third-order valence-electron chi connectivity index (χ3n) is 4.97. The van der Waals surface area contributed by atoms with E-state index in [1.165, 1.54) is 0 Å². The SMILES string of the molecule is O=C(C[C@@H]1CCCC[C@H]1O)N1CCN(c2ccc(Cl)cn2)CC1. The number of hydrogen-bond donors (Lipinski definition) is 1. The molecule has 1 saturated carbocycles. The Kier molecular flexibility index (Phi) is 5.38. The van der Waals surface area contributed by atoms with Crippen LogP contribution in [0.15, 0.2) is 18.3 Å². The fourth-order valence-corrected chi connectivity index (χ4v) is 3.63. The molecule has 1 saturated heterocycles. The number of aliphatic hydroxyl groups is 1.